The summed E-state index contributed by atoms with van der Waals surface area (Å²) in [6.07, 6.45) is 1.89. The molecule has 0 radical (unpaired) electrons. The van der Waals surface area contributed by atoms with E-state index in [-0.39, 0.29) is 5.91 Å². The van der Waals surface area contributed by atoms with Gasteiger partial charge in [0.2, 0.25) is 0 Å². The van der Waals surface area contributed by atoms with E-state index in [1.165, 1.54) is 0 Å². The molecule has 3 rings (SSSR count). The van der Waals surface area contributed by atoms with Gasteiger partial charge in [0, 0.05) is 17.7 Å². The number of ether oxygens (including phenoxy) is 1. The SMILES string of the molecule is CC1=C(C)C2(CCCO2)N(c2ccccc2)C1=O. The average Bonchev–Trinajstić information content (AvgIpc) is 2.94. The van der Waals surface area contributed by atoms with E-state index in [1.54, 1.807) is 0 Å². The lowest BCUT2D eigenvalue weighted by molar-refractivity contribution is -0.117. The van der Waals surface area contributed by atoms with Gasteiger partial charge in [-0.05, 0) is 38.0 Å². The Kier molecular flexibility index (Phi) is 2.52. The van der Waals surface area contributed by atoms with Gasteiger partial charge in [-0.25, -0.2) is 0 Å². The third kappa shape index (κ3) is 1.37. The molecule has 0 saturated carbocycles. The molecule has 1 unspecified atom stereocenters. The monoisotopic (exact) mass is 243 g/mol. The van der Waals surface area contributed by atoms with Crippen molar-refractivity contribution >= 4 is 11.6 Å². The van der Waals surface area contributed by atoms with Crippen molar-refractivity contribution in [2.24, 2.45) is 0 Å². The van der Waals surface area contributed by atoms with Crippen LogP contribution >= 0.6 is 0 Å². The number of hydrogen-bond acceptors (Lipinski definition) is 2. The largest absolute Gasteiger partial charge is 0.351 e. The zero-order valence-electron chi connectivity index (χ0n) is 10.8. The molecule has 2 heterocycles. The van der Waals surface area contributed by atoms with E-state index in [0.29, 0.717) is 0 Å². The lowest BCUT2D eigenvalue weighted by Crippen LogP contribution is -2.47. The van der Waals surface area contributed by atoms with Crippen LogP contribution in [0.25, 0.3) is 0 Å². The molecular weight excluding hydrogens is 226 g/mol. The summed E-state index contributed by atoms with van der Waals surface area (Å²) in [5, 5.41) is 0. The third-order valence-corrected chi connectivity index (χ3v) is 4.05. The number of para-hydroxylation sites is 1. The summed E-state index contributed by atoms with van der Waals surface area (Å²) in [6.45, 7) is 4.63. The van der Waals surface area contributed by atoms with Crippen LogP contribution in [0.5, 0.6) is 0 Å². The smallest absolute Gasteiger partial charge is 0.256 e. The Balaban J connectivity index is 2.12. The van der Waals surface area contributed by atoms with Crippen molar-refractivity contribution < 1.29 is 9.53 Å². The number of amides is 1. The summed E-state index contributed by atoms with van der Waals surface area (Å²) in [7, 11) is 0. The van der Waals surface area contributed by atoms with Gasteiger partial charge in [0.1, 0.15) is 0 Å². The van der Waals surface area contributed by atoms with Crippen LogP contribution in [-0.4, -0.2) is 18.2 Å². The number of carbonyl (C=O) groups is 1. The quantitative estimate of drug-likeness (QED) is 0.759. The first kappa shape index (κ1) is 11.5. The maximum atomic E-state index is 12.5. The van der Waals surface area contributed by atoms with Gasteiger partial charge in [-0.2, -0.15) is 0 Å². The second-order valence-corrected chi connectivity index (χ2v) is 4.96. The summed E-state index contributed by atoms with van der Waals surface area (Å²) < 4.78 is 5.97. The molecule has 18 heavy (non-hydrogen) atoms. The van der Waals surface area contributed by atoms with Gasteiger partial charge >= 0.3 is 0 Å². The van der Waals surface area contributed by atoms with E-state index in [0.717, 1.165) is 36.3 Å². The first-order valence-electron chi connectivity index (χ1n) is 6.38. The average molecular weight is 243 g/mol. The van der Waals surface area contributed by atoms with Crippen molar-refractivity contribution in [3.05, 3.63) is 41.5 Å². The van der Waals surface area contributed by atoms with Crippen LogP contribution < -0.4 is 4.90 Å². The van der Waals surface area contributed by atoms with Crippen LogP contribution in [0.4, 0.5) is 5.69 Å². The van der Waals surface area contributed by atoms with Crippen molar-refractivity contribution in [2.75, 3.05) is 11.5 Å². The maximum absolute atomic E-state index is 12.5. The van der Waals surface area contributed by atoms with Crippen LogP contribution in [0.1, 0.15) is 26.7 Å². The summed E-state index contributed by atoms with van der Waals surface area (Å²) in [4.78, 5) is 14.3. The molecule has 0 N–H and O–H groups in total. The van der Waals surface area contributed by atoms with E-state index in [2.05, 4.69) is 0 Å². The molecule has 1 aromatic rings. The summed E-state index contributed by atoms with van der Waals surface area (Å²) in [6, 6.07) is 9.79. The lowest BCUT2D eigenvalue weighted by Gasteiger charge is -2.35. The second kappa shape index (κ2) is 3.95. The maximum Gasteiger partial charge on any atom is 0.256 e. The number of anilines is 1. The van der Waals surface area contributed by atoms with Gasteiger partial charge in [0.25, 0.3) is 5.91 Å². The molecule has 1 spiro atoms. The van der Waals surface area contributed by atoms with E-state index in [4.69, 9.17) is 4.74 Å². The molecular formula is C15H17NO2. The zero-order valence-corrected chi connectivity index (χ0v) is 10.8. The molecule has 1 atom stereocenters. The fraction of sp³-hybridized carbons (Fsp3) is 0.400. The molecule has 94 valence electrons. The van der Waals surface area contributed by atoms with Gasteiger partial charge in [-0.15, -0.1) is 0 Å². The Bertz CT molecular complexity index is 513. The Morgan fingerprint density at radius 2 is 1.94 bits per heavy atom. The van der Waals surface area contributed by atoms with Crippen molar-refractivity contribution in [1.82, 2.24) is 0 Å². The molecule has 1 fully saturated rings. The molecule has 2 aliphatic rings. The van der Waals surface area contributed by atoms with E-state index >= 15 is 0 Å². The molecule has 0 aromatic heterocycles. The van der Waals surface area contributed by atoms with Crippen molar-refractivity contribution in [3.8, 4) is 0 Å². The Hall–Kier alpha value is -1.61. The third-order valence-electron chi connectivity index (χ3n) is 4.05. The lowest BCUT2D eigenvalue weighted by atomic mass is 10.00. The van der Waals surface area contributed by atoms with Crippen molar-refractivity contribution in [3.63, 3.8) is 0 Å². The molecule has 3 heteroatoms. The van der Waals surface area contributed by atoms with Gasteiger partial charge in [-0.1, -0.05) is 18.2 Å². The van der Waals surface area contributed by atoms with Crippen molar-refractivity contribution in [2.45, 2.75) is 32.4 Å². The number of rotatable bonds is 1. The summed E-state index contributed by atoms with van der Waals surface area (Å²) in [5.74, 6) is 0.0700. The second-order valence-electron chi connectivity index (χ2n) is 4.96. The molecule has 2 aliphatic heterocycles. The normalized spacial score (nSPS) is 27.7. The number of carbonyl (C=O) groups excluding carboxylic acids is 1. The Labute approximate surface area is 107 Å². The van der Waals surface area contributed by atoms with Crippen LogP contribution in [-0.2, 0) is 9.53 Å². The molecule has 1 saturated heterocycles. The number of hydrogen-bond donors (Lipinski definition) is 0. The zero-order chi connectivity index (χ0) is 12.8. The van der Waals surface area contributed by atoms with E-state index in [9.17, 15) is 4.79 Å². The van der Waals surface area contributed by atoms with Crippen molar-refractivity contribution in [1.29, 1.82) is 0 Å². The van der Waals surface area contributed by atoms with Gasteiger partial charge in [0.15, 0.2) is 5.72 Å². The predicted molar refractivity (Wildman–Crippen MR) is 70.2 cm³/mol. The van der Waals surface area contributed by atoms with Crippen LogP contribution in [0.2, 0.25) is 0 Å². The van der Waals surface area contributed by atoms with Gasteiger partial charge in [0.05, 0.1) is 6.61 Å². The number of benzene rings is 1. The number of nitrogens with zero attached hydrogens (tertiary/aromatic N) is 1. The minimum atomic E-state index is -0.525. The van der Waals surface area contributed by atoms with Crippen LogP contribution in [0.15, 0.2) is 41.5 Å². The van der Waals surface area contributed by atoms with Crippen LogP contribution in [0, 0.1) is 0 Å². The standard InChI is InChI=1S/C15H17NO2/c1-11-12(2)15(9-6-10-18-15)16(14(11)17)13-7-4-3-5-8-13/h3-5,7-8H,6,9-10H2,1-2H3. The van der Waals surface area contributed by atoms with Gasteiger partial charge < -0.3 is 4.74 Å². The first-order valence-corrected chi connectivity index (χ1v) is 6.38. The summed E-state index contributed by atoms with van der Waals surface area (Å²) in [5.41, 5.74) is 2.28. The highest BCUT2D eigenvalue weighted by atomic mass is 16.5. The fourth-order valence-corrected chi connectivity index (χ4v) is 2.95. The molecule has 0 bridgehead atoms. The topological polar surface area (TPSA) is 29.5 Å². The molecule has 0 aliphatic carbocycles. The Morgan fingerprint density at radius 1 is 1.22 bits per heavy atom. The predicted octanol–water partition coefficient (Wildman–Crippen LogP) is 2.88. The molecule has 1 amide bonds. The molecule has 3 nitrogen and oxygen atoms in total. The Morgan fingerprint density at radius 3 is 2.56 bits per heavy atom. The fourth-order valence-electron chi connectivity index (χ4n) is 2.95. The highest BCUT2D eigenvalue weighted by Gasteiger charge is 2.51. The van der Waals surface area contributed by atoms with E-state index in [1.807, 2.05) is 49.1 Å². The first-order chi connectivity index (χ1) is 8.67. The summed E-state index contributed by atoms with van der Waals surface area (Å²) >= 11 is 0. The molecule has 1 aromatic carbocycles. The van der Waals surface area contributed by atoms with Crippen LogP contribution in [0.3, 0.4) is 0 Å². The highest BCUT2D eigenvalue weighted by Crippen LogP contribution is 2.45. The van der Waals surface area contributed by atoms with Gasteiger partial charge in [-0.3, -0.25) is 9.69 Å². The highest BCUT2D eigenvalue weighted by molar-refractivity contribution is 6.10. The minimum absolute atomic E-state index is 0.0700. The minimum Gasteiger partial charge on any atom is -0.351 e. The van der Waals surface area contributed by atoms with E-state index < -0.39 is 5.72 Å².